The second kappa shape index (κ2) is 16.5. The van der Waals surface area contributed by atoms with Crippen LogP contribution in [-0.2, 0) is 4.74 Å². The Morgan fingerprint density at radius 1 is 0.741 bits per heavy atom. The lowest BCUT2D eigenvalue weighted by Gasteiger charge is -2.27. The number of morpholine rings is 1. The number of benzene rings is 2. The molecule has 1 aliphatic heterocycles. The molecule has 6 rings (SSSR count). The van der Waals surface area contributed by atoms with E-state index in [1.807, 2.05) is 4.90 Å². The van der Waals surface area contributed by atoms with Gasteiger partial charge in [0.15, 0.2) is 46.2 Å². The Hall–Kier alpha value is -7.09. The highest BCUT2D eigenvalue weighted by molar-refractivity contribution is 6.07. The van der Waals surface area contributed by atoms with Gasteiger partial charge in [0.2, 0.25) is 0 Å². The molecule has 0 aliphatic carbocycles. The van der Waals surface area contributed by atoms with Crippen molar-refractivity contribution in [3.8, 4) is 17.3 Å². The fraction of sp³-hybridized carbons (Fsp3) is 0.206. The van der Waals surface area contributed by atoms with E-state index >= 15 is 0 Å². The SMILES string of the molecule is O=C(Nc1cc(OCCCOc2cc(NC(=O)c3ccc(-n4ccnc4)nn3)c(C(=O)O)cc2F)c(F)cc1C(=O)O)c1ccc(N2CCOCC2)nn1. The third kappa shape index (κ3) is 8.67. The van der Waals surface area contributed by atoms with Crippen LogP contribution in [0, 0.1) is 11.6 Å². The lowest BCUT2D eigenvalue weighted by atomic mass is 10.1. The maximum Gasteiger partial charge on any atom is 0.337 e. The molecule has 278 valence electrons. The largest absolute Gasteiger partial charge is 0.490 e. The van der Waals surface area contributed by atoms with Crippen molar-refractivity contribution in [1.29, 1.82) is 0 Å². The summed E-state index contributed by atoms with van der Waals surface area (Å²) < 4.78 is 47.5. The number of hydrogen-bond donors (Lipinski definition) is 4. The molecule has 1 saturated heterocycles. The molecule has 1 fully saturated rings. The van der Waals surface area contributed by atoms with Crippen LogP contribution >= 0.6 is 0 Å². The molecule has 0 radical (unpaired) electrons. The minimum Gasteiger partial charge on any atom is -0.490 e. The quantitative estimate of drug-likeness (QED) is 0.119. The third-order valence-electron chi connectivity index (χ3n) is 7.78. The molecule has 18 nitrogen and oxygen atoms in total. The van der Waals surface area contributed by atoms with Crippen molar-refractivity contribution in [1.82, 2.24) is 29.9 Å². The summed E-state index contributed by atoms with van der Waals surface area (Å²) >= 11 is 0. The molecule has 0 atom stereocenters. The molecule has 4 heterocycles. The van der Waals surface area contributed by atoms with Crippen LogP contribution in [-0.4, -0.2) is 103 Å². The van der Waals surface area contributed by atoms with Gasteiger partial charge in [-0.15, -0.1) is 20.4 Å². The normalized spacial score (nSPS) is 12.5. The Labute approximate surface area is 303 Å². The van der Waals surface area contributed by atoms with Gasteiger partial charge in [0.05, 0.1) is 48.9 Å². The lowest BCUT2D eigenvalue weighted by Crippen LogP contribution is -2.37. The Kier molecular flexibility index (Phi) is 11.2. The molecule has 0 spiro atoms. The van der Waals surface area contributed by atoms with E-state index in [1.54, 1.807) is 16.8 Å². The van der Waals surface area contributed by atoms with E-state index in [1.165, 1.54) is 30.7 Å². The van der Waals surface area contributed by atoms with Crippen LogP contribution in [0.25, 0.3) is 5.82 Å². The Morgan fingerprint density at radius 3 is 1.70 bits per heavy atom. The standard InChI is InChI=1S/C34H29F2N9O9/c35-21-14-19(33(48)49)25(38-31(46)23-2-4-29(42-40-23)44-8-12-52-13-9-44)16-27(21)53-10-1-11-54-28-17-26(20(34(50)51)15-22(28)36)39-32(47)24-3-5-30(43-41-24)45-7-6-37-18-45/h2-7,14-18H,1,8-13H2,(H,38,46)(H,39,47)(H,48,49)(H,50,51). The predicted molar refractivity (Wildman–Crippen MR) is 182 cm³/mol. The van der Waals surface area contributed by atoms with Crippen molar-refractivity contribution < 1.29 is 52.4 Å². The number of aromatic nitrogens is 6. The summed E-state index contributed by atoms with van der Waals surface area (Å²) in [4.78, 5) is 55.2. The highest BCUT2D eigenvalue weighted by atomic mass is 19.1. The van der Waals surface area contributed by atoms with Crippen LogP contribution < -0.4 is 25.0 Å². The molecular formula is C34H29F2N9O9. The second-order valence-corrected chi connectivity index (χ2v) is 11.3. The van der Waals surface area contributed by atoms with Gasteiger partial charge >= 0.3 is 11.9 Å². The zero-order chi connectivity index (χ0) is 38.2. The van der Waals surface area contributed by atoms with Gasteiger partial charge in [-0.1, -0.05) is 0 Å². The number of carboxylic acid groups (broad SMARTS) is 2. The first kappa shape index (κ1) is 36.7. The minimum atomic E-state index is -1.52. The number of carbonyl (C=O) groups excluding carboxylic acids is 2. The van der Waals surface area contributed by atoms with Crippen LogP contribution in [0.5, 0.6) is 11.5 Å². The molecule has 4 N–H and O–H groups in total. The molecule has 3 aromatic heterocycles. The number of nitrogens with zero attached hydrogens (tertiary/aromatic N) is 7. The van der Waals surface area contributed by atoms with Gasteiger partial charge in [-0.3, -0.25) is 14.2 Å². The summed E-state index contributed by atoms with van der Waals surface area (Å²) in [6.07, 6.45) is 4.66. The lowest BCUT2D eigenvalue weighted by molar-refractivity contribution is 0.0686. The van der Waals surface area contributed by atoms with Gasteiger partial charge in [0.25, 0.3) is 11.8 Å². The number of imidazole rings is 1. The van der Waals surface area contributed by atoms with Crippen LogP contribution in [0.1, 0.15) is 48.1 Å². The first-order valence-electron chi connectivity index (χ1n) is 16.1. The van der Waals surface area contributed by atoms with Gasteiger partial charge in [-0.25, -0.2) is 23.4 Å². The smallest absolute Gasteiger partial charge is 0.337 e. The van der Waals surface area contributed by atoms with Gasteiger partial charge in [0, 0.05) is 44.0 Å². The number of carbonyl (C=O) groups is 4. The van der Waals surface area contributed by atoms with E-state index in [9.17, 15) is 38.2 Å². The van der Waals surface area contributed by atoms with Crippen LogP contribution in [0.4, 0.5) is 26.0 Å². The van der Waals surface area contributed by atoms with Gasteiger partial charge in [0.1, 0.15) is 6.33 Å². The molecular weight excluding hydrogens is 716 g/mol. The summed E-state index contributed by atoms with van der Waals surface area (Å²) in [6, 6.07) is 9.21. The highest BCUT2D eigenvalue weighted by Gasteiger charge is 2.22. The topological polar surface area (TPSA) is 233 Å². The molecule has 1 aliphatic rings. The number of nitrogens with one attached hydrogen (secondary N) is 2. The fourth-order valence-electron chi connectivity index (χ4n) is 5.07. The first-order valence-corrected chi connectivity index (χ1v) is 16.1. The van der Waals surface area contributed by atoms with Crippen molar-refractivity contribution in [2.45, 2.75) is 6.42 Å². The van der Waals surface area contributed by atoms with Gasteiger partial charge in [-0.2, -0.15) is 0 Å². The zero-order valence-electron chi connectivity index (χ0n) is 27.9. The molecule has 0 bridgehead atoms. The predicted octanol–water partition coefficient (Wildman–Crippen LogP) is 3.32. The summed E-state index contributed by atoms with van der Waals surface area (Å²) in [5, 5.41) is 39.8. The van der Waals surface area contributed by atoms with E-state index in [0.29, 0.717) is 50.1 Å². The van der Waals surface area contributed by atoms with E-state index < -0.39 is 58.0 Å². The summed E-state index contributed by atoms with van der Waals surface area (Å²) in [5.74, 6) is -6.61. The number of anilines is 3. The van der Waals surface area contributed by atoms with Crippen molar-refractivity contribution in [3.05, 3.63) is 101 Å². The monoisotopic (exact) mass is 745 g/mol. The van der Waals surface area contributed by atoms with E-state index in [4.69, 9.17) is 14.2 Å². The van der Waals surface area contributed by atoms with E-state index in [0.717, 1.165) is 12.1 Å². The van der Waals surface area contributed by atoms with Crippen LogP contribution in [0.3, 0.4) is 0 Å². The Balaban J connectivity index is 1.06. The number of aromatic carboxylic acids is 2. The average Bonchev–Trinajstić information content (AvgIpc) is 3.72. The number of hydrogen-bond acceptors (Lipinski definition) is 13. The molecule has 2 aromatic carbocycles. The molecule has 0 saturated carbocycles. The Bertz CT molecular complexity index is 2170. The van der Waals surface area contributed by atoms with Crippen molar-refractivity contribution >= 4 is 40.9 Å². The van der Waals surface area contributed by atoms with E-state index in [-0.39, 0.29) is 42.4 Å². The number of halogens is 2. The fourth-order valence-corrected chi connectivity index (χ4v) is 5.07. The number of carboxylic acids is 2. The summed E-state index contributed by atoms with van der Waals surface area (Å²) in [7, 11) is 0. The number of ether oxygens (including phenoxy) is 3. The second-order valence-electron chi connectivity index (χ2n) is 11.3. The average molecular weight is 746 g/mol. The molecule has 5 aromatic rings. The molecule has 20 heteroatoms. The van der Waals surface area contributed by atoms with Crippen LogP contribution in [0.15, 0.2) is 67.3 Å². The minimum absolute atomic E-state index is 0.0353. The van der Waals surface area contributed by atoms with Gasteiger partial charge < -0.3 is 40.0 Å². The molecule has 0 unspecified atom stereocenters. The van der Waals surface area contributed by atoms with E-state index in [2.05, 4.69) is 36.0 Å². The van der Waals surface area contributed by atoms with Crippen molar-refractivity contribution in [2.75, 3.05) is 55.1 Å². The van der Waals surface area contributed by atoms with Gasteiger partial charge in [-0.05, 0) is 36.4 Å². The third-order valence-corrected chi connectivity index (χ3v) is 7.78. The number of rotatable bonds is 14. The van der Waals surface area contributed by atoms with Crippen LogP contribution in [0.2, 0.25) is 0 Å². The zero-order valence-corrected chi connectivity index (χ0v) is 27.9. The molecule has 54 heavy (non-hydrogen) atoms. The Morgan fingerprint density at radius 2 is 1.26 bits per heavy atom. The van der Waals surface area contributed by atoms with Crippen molar-refractivity contribution in [3.63, 3.8) is 0 Å². The maximum absolute atomic E-state index is 14.8. The summed E-state index contributed by atoms with van der Waals surface area (Å²) in [5.41, 5.74) is -1.93. The summed E-state index contributed by atoms with van der Waals surface area (Å²) in [6.45, 7) is 1.83. The maximum atomic E-state index is 14.8. The number of amides is 2. The van der Waals surface area contributed by atoms with Crippen molar-refractivity contribution in [2.24, 2.45) is 0 Å². The molecule has 2 amide bonds. The highest BCUT2D eigenvalue weighted by Crippen LogP contribution is 2.29. The first-order chi connectivity index (χ1) is 26.1.